The maximum atomic E-state index is 12.8. The van der Waals surface area contributed by atoms with E-state index < -0.39 is 11.8 Å². The van der Waals surface area contributed by atoms with Gasteiger partial charge < -0.3 is 10.6 Å². The van der Waals surface area contributed by atoms with Gasteiger partial charge in [-0.25, -0.2) is 4.90 Å². The highest BCUT2D eigenvalue weighted by Crippen LogP contribution is 2.30. The summed E-state index contributed by atoms with van der Waals surface area (Å²) in [7, 11) is 0. The quantitative estimate of drug-likeness (QED) is 0.516. The molecule has 0 unspecified atom stereocenters. The van der Waals surface area contributed by atoms with Crippen LogP contribution in [0, 0.1) is 0 Å². The lowest BCUT2D eigenvalue weighted by Crippen LogP contribution is -2.32. The number of benzene rings is 3. The van der Waals surface area contributed by atoms with Crippen molar-refractivity contribution >= 4 is 52.3 Å². The number of amides is 3. The van der Waals surface area contributed by atoms with Crippen LogP contribution in [0.5, 0.6) is 0 Å². The number of nitrogens with zero attached hydrogens (tertiary/aromatic N) is 1. The van der Waals surface area contributed by atoms with Gasteiger partial charge in [-0.1, -0.05) is 53.5 Å². The van der Waals surface area contributed by atoms with Crippen LogP contribution in [0.2, 0.25) is 5.02 Å². The Labute approximate surface area is 194 Å². The molecule has 1 aliphatic heterocycles. The lowest BCUT2D eigenvalue weighted by molar-refractivity contribution is -0.120. The van der Waals surface area contributed by atoms with Gasteiger partial charge in [0.05, 0.1) is 5.69 Å². The molecule has 6 nitrogen and oxygen atoms in total. The number of imide groups is 1. The smallest absolute Gasteiger partial charge is 0.283 e. The third kappa shape index (κ3) is 4.51. The molecule has 3 aromatic rings. The molecule has 2 N–H and O–H groups in total. The minimum absolute atomic E-state index is 0.0344. The van der Waals surface area contributed by atoms with Crippen molar-refractivity contribution in [1.82, 2.24) is 5.32 Å². The molecule has 32 heavy (non-hydrogen) atoms. The Bertz CT molecular complexity index is 1210. The van der Waals surface area contributed by atoms with E-state index in [9.17, 15) is 14.4 Å². The summed E-state index contributed by atoms with van der Waals surface area (Å²) in [6.45, 7) is 0.416. The monoisotopic (exact) mass is 465 g/mol. The standard InChI is InChI=1S/C24H17Cl2N3O3/c25-17-8-12-19(13-9-17)29-23(31)20(26)21(24(29)32)28-18-10-6-16(7-11-18)22(30)27-14-15-4-2-1-3-5-15/h1-13,28H,14H2,(H,27,30). The number of carbonyl (C=O) groups is 3. The second-order valence-electron chi connectivity index (χ2n) is 6.98. The molecule has 0 spiro atoms. The molecular weight excluding hydrogens is 449 g/mol. The Morgan fingerprint density at radius 3 is 2.12 bits per heavy atom. The molecule has 0 fully saturated rings. The van der Waals surface area contributed by atoms with Crippen LogP contribution in [0.25, 0.3) is 0 Å². The Hall–Kier alpha value is -3.61. The van der Waals surface area contributed by atoms with E-state index in [0.29, 0.717) is 28.5 Å². The zero-order chi connectivity index (χ0) is 22.7. The molecule has 160 valence electrons. The predicted molar refractivity (Wildman–Crippen MR) is 125 cm³/mol. The van der Waals surface area contributed by atoms with Crippen LogP contribution in [0.4, 0.5) is 11.4 Å². The SMILES string of the molecule is O=C(NCc1ccccc1)c1ccc(NC2=C(Cl)C(=O)N(c3ccc(Cl)cc3)C2=O)cc1. The fourth-order valence-electron chi connectivity index (χ4n) is 3.17. The lowest BCUT2D eigenvalue weighted by Gasteiger charge is -2.15. The summed E-state index contributed by atoms with van der Waals surface area (Å²) in [6.07, 6.45) is 0. The van der Waals surface area contributed by atoms with Gasteiger partial charge in [-0.3, -0.25) is 14.4 Å². The summed E-state index contributed by atoms with van der Waals surface area (Å²) in [4.78, 5) is 38.7. The Balaban J connectivity index is 1.43. The van der Waals surface area contributed by atoms with E-state index in [4.69, 9.17) is 23.2 Å². The molecule has 0 bridgehead atoms. The summed E-state index contributed by atoms with van der Waals surface area (Å²) < 4.78 is 0. The molecule has 0 radical (unpaired) electrons. The van der Waals surface area contributed by atoms with Crippen molar-refractivity contribution in [3.8, 4) is 0 Å². The molecule has 3 aromatic carbocycles. The van der Waals surface area contributed by atoms with Crippen molar-refractivity contribution in [2.75, 3.05) is 10.2 Å². The Morgan fingerprint density at radius 2 is 1.47 bits per heavy atom. The van der Waals surface area contributed by atoms with Gasteiger partial charge in [-0.2, -0.15) is 0 Å². The highest BCUT2D eigenvalue weighted by Gasteiger charge is 2.38. The van der Waals surface area contributed by atoms with Gasteiger partial charge in [0.2, 0.25) is 0 Å². The zero-order valence-electron chi connectivity index (χ0n) is 16.6. The van der Waals surface area contributed by atoms with Crippen molar-refractivity contribution in [3.63, 3.8) is 0 Å². The largest absolute Gasteiger partial charge is 0.350 e. The average molecular weight is 466 g/mol. The van der Waals surface area contributed by atoms with E-state index in [1.165, 1.54) is 0 Å². The minimum Gasteiger partial charge on any atom is -0.350 e. The van der Waals surface area contributed by atoms with Crippen LogP contribution >= 0.6 is 23.2 Å². The molecule has 0 atom stereocenters. The molecule has 0 aliphatic carbocycles. The second-order valence-corrected chi connectivity index (χ2v) is 7.80. The lowest BCUT2D eigenvalue weighted by atomic mass is 10.1. The second kappa shape index (κ2) is 9.26. The zero-order valence-corrected chi connectivity index (χ0v) is 18.2. The Kier molecular flexibility index (Phi) is 6.25. The number of anilines is 2. The van der Waals surface area contributed by atoms with Crippen LogP contribution in [0.3, 0.4) is 0 Å². The number of nitrogens with one attached hydrogen (secondary N) is 2. The minimum atomic E-state index is -0.626. The van der Waals surface area contributed by atoms with Crippen LogP contribution in [-0.2, 0) is 16.1 Å². The summed E-state index contributed by atoms with van der Waals surface area (Å²) in [5.41, 5.74) is 2.30. The third-order valence-corrected chi connectivity index (χ3v) is 5.43. The molecule has 0 saturated heterocycles. The molecule has 0 saturated carbocycles. The highest BCUT2D eigenvalue weighted by molar-refractivity contribution is 6.53. The number of hydrogen-bond acceptors (Lipinski definition) is 4. The van der Waals surface area contributed by atoms with Crippen LogP contribution < -0.4 is 15.5 Å². The van der Waals surface area contributed by atoms with Gasteiger partial charge in [0.15, 0.2) is 0 Å². The maximum Gasteiger partial charge on any atom is 0.283 e. The number of hydrogen-bond donors (Lipinski definition) is 2. The van der Waals surface area contributed by atoms with Gasteiger partial charge in [0.1, 0.15) is 10.7 Å². The van der Waals surface area contributed by atoms with Gasteiger partial charge in [-0.15, -0.1) is 0 Å². The van der Waals surface area contributed by atoms with Crippen molar-refractivity contribution < 1.29 is 14.4 Å². The number of carbonyl (C=O) groups excluding carboxylic acids is 3. The Morgan fingerprint density at radius 1 is 0.812 bits per heavy atom. The van der Waals surface area contributed by atoms with Crippen molar-refractivity contribution in [2.45, 2.75) is 6.54 Å². The molecular formula is C24H17Cl2N3O3. The summed E-state index contributed by atoms with van der Waals surface area (Å²) in [5.74, 6) is -1.43. The first kappa shape index (κ1) is 21.6. The van der Waals surface area contributed by atoms with Gasteiger partial charge in [0, 0.05) is 22.8 Å². The molecule has 4 rings (SSSR count). The first-order valence-electron chi connectivity index (χ1n) is 9.67. The fourth-order valence-corrected chi connectivity index (χ4v) is 3.50. The van der Waals surface area contributed by atoms with Crippen LogP contribution in [-0.4, -0.2) is 17.7 Å². The van der Waals surface area contributed by atoms with Crippen LogP contribution in [0.15, 0.2) is 89.6 Å². The average Bonchev–Trinajstić information content (AvgIpc) is 3.02. The first-order chi connectivity index (χ1) is 15.4. The highest BCUT2D eigenvalue weighted by atomic mass is 35.5. The molecule has 1 heterocycles. The third-order valence-electron chi connectivity index (χ3n) is 4.82. The molecule has 0 aromatic heterocycles. The predicted octanol–water partition coefficient (Wildman–Crippen LogP) is 4.71. The van der Waals surface area contributed by atoms with Gasteiger partial charge in [0.25, 0.3) is 17.7 Å². The number of halogens is 2. The van der Waals surface area contributed by atoms with E-state index in [0.717, 1.165) is 10.5 Å². The van der Waals surface area contributed by atoms with Gasteiger partial charge in [-0.05, 0) is 54.1 Å². The fraction of sp³-hybridized carbons (Fsp3) is 0.0417. The molecule has 1 aliphatic rings. The van der Waals surface area contributed by atoms with Crippen molar-refractivity contribution in [1.29, 1.82) is 0 Å². The van der Waals surface area contributed by atoms with E-state index in [2.05, 4.69) is 10.6 Å². The molecule has 3 amide bonds. The van der Waals surface area contributed by atoms with Crippen molar-refractivity contribution in [3.05, 3.63) is 106 Å². The summed E-state index contributed by atoms with van der Waals surface area (Å²) >= 11 is 12.0. The van der Waals surface area contributed by atoms with Crippen LogP contribution in [0.1, 0.15) is 15.9 Å². The van der Waals surface area contributed by atoms with Crippen molar-refractivity contribution in [2.24, 2.45) is 0 Å². The normalized spacial score (nSPS) is 13.5. The summed E-state index contributed by atoms with van der Waals surface area (Å²) in [5, 5.41) is 6.01. The van der Waals surface area contributed by atoms with E-state index >= 15 is 0 Å². The van der Waals surface area contributed by atoms with E-state index in [1.807, 2.05) is 30.3 Å². The topological polar surface area (TPSA) is 78.5 Å². The van der Waals surface area contributed by atoms with E-state index in [1.54, 1.807) is 48.5 Å². The first-order valence-corrected chi connectivity index (χ1v) is 10.4. The van der Waals surface area contributed by atoms with Gasteiger partial charge >= 0.3 is 0 Å². The van der Waals surface area contributed by atoms with E-state index in [-0.39, 0.29) is 16.6 Å². The summed E-state index contributed by atoms with van der Waals surface area (Å²) in [6, 6.07) is 22.4. The maximum absolute atomic E-state index is 12.8. The molecule has 8 heteroatoms. The number of rotatable bonds is 6.